The molecule has 0 spiro atoms. The number of hydrogen-bond acceptors (Lipinski definition) is 4. The van der Waals surface area contributed by atoms with Crippen molar-refractivity contribution < 1.29 is 19.1 Å². The van der Waals surface area contributed by atoms with Gasteiger partial charge in [0.15, 0.2) is 0 Å². The molecule has 1 aliphatic carbocycles. The summed E-state index contributed by atoms with van der Waals surface area (Å²) >= 11 is 0. The van der Waals surface area contributed by atoms with E-state index in [9.17, 15) is 9.59 Å². The molecule has 0 fully saturated rings. The van der Waals surface area contributed by atoms with Crippen LogP contribution in [0.5, 0.6) is 0 Å². The smallest absolute Gasteiger partial charge is 0.407 e. The molecule has 5 nitrogen and oxygen atoms in total. The van der Waals surface area contributed by atoms with Crippen LogP contribution in [0.1, 0.15) is 28.2 Å². The largest absolute Gasteiger partial charge is 0.466 e. The maximum atomic E-state index is 12.2. The summed E-state index contributed by atoms with van der Waals surface area (Å²) in [5.74, 6) is -0.344. The second kappa shape index (κ2) is 10.5. The van der Waals surface area contributed by atoms with Crippen LogP contribution in [0, 0.1) is 0 Å². The number of methoxy groups -OCH3 is 1. The summed E-state index contributed by atoms with van der Waals surface area (Å²) in [5.41, 5.74) is 6.68. The zero-order valence-electron chi connectivity index (χ0n) is 18.4. The van der Waals surface area contributed by atoms with Crippen LogP contribution in [0.25, 0.3) is 23.3 Å². The van der Waals surface area contributed by atoms with E-state index in [0.717, 1.165) is 11.1 Å². The van der Waals surface area contributed by atoms with Crippen molar-refractivity contribution in [2.45, 2.75) is 5.92 Å². The van der Waals surface area contributed by atoms with E-state index in [1.807, 2.05) is 60.7 Å². The van der Waals surface area contributed by atoms with Gasteiger partial charge in [0.05, 0.1) is 7.11 Å². The van der Waals surface area contributed by atoms with Gasteiger partial charge < -0.3 is 14.8 Å². The van der Waals surface area contributed by atoms with E-state index in [2.05, 4.69) is 34.3 Å². The topological polar surface area (TPSA) is 64.6 Å². The number of carbonyl (C=O) groups excluding carboxylic acids is 2. The molecule has 0 atom stereocenters. The van der Waals surface area contributed by atoms with Crippen molar-refractivity contribution in [2.75, 3.05) is 20.3 Å². The summed E-state index contributed by atoms with van der Waals surface area (Å²) in [4.78, 5) is 23.4. The fourth-order valence-electron chi connectivity index (χ4n) is 3.94. The molecule has 0 aliphatic heterocycles. The fraction of sp³-hybridized carbons (Fsp3) is 0.143. The molecule has 0 saturated heterocycles. The third kappa shape index (κ3) is 5.39. The lowest BCUT2D eigenvalue weighted by Crippen LogP contribution is -2.26. The predicted octanol–water partition coefficient (Wildman–Crippen LogP) is 5.42. The molecule has 166 valence electrons. The van der Waals surface area contributed by atoms with E-state index in [-0.39, 0.29) is 5.92 Å². The minimum absolute atomic E-state index is 0.0467. The van der Waals surface area contributed by atoms with Crippen molar-refractivity contribution in [3.05, 3.63) is 107 Å². The number of amides is 1. The Bertz CT molecular complexity index is 1150. The van der Waals surface area contributed by atoms with E-state index in [4.69, 9.17) is 4.74 Å². The Kier molecular flexibility index (Phi) is 7.00. The van der Waals surface area contributed by atoms with Crippen molar-refractivity contribution in [2.24, 2.45) is 0 Å². The normalized spacial score (nSPS) is 12.5. The molecule has 0 saturated carbocycles. The summed E-state index contributed by atoms with van der Waals surface area (Å²) < 4.78 is 10.1. The van der Waals surface area contributed by atoms with Crippen molar-refractivity contribution >= 4 is 24.2 Å². The molecule has 0 radical (unpaired) electrons. The quantitative estimate of drug-likeness (QED) is 0.394. The van der Waals surface area contributed by atoms with Crippen LogP contribution >= 0.6 is 0 Å². The van der Waals surface area contributed by atoms with Crippen LogP contribution < -0.4 is 5.32 Å². The van der Waals surface area contributed by atoms with Gasteiger partial charge in [-0.3, -0.25) is 0 Å². The van der Waals surface area contributed by atoms with Crippen molar-refractivity contribution in [3.63, 3.8) is 0 Å². The van der Waals surface area contributed by atoms with Crippen molar-refractivity contribution in [1.82, 2.24) is 5.32 Å². The number of fused-ring (bicyclic) bond motifs is 3. The van der Waals surface area contributed by atoms with Gasteiger partial charge in [-0.15, -0.1) is 0 Å². The number of rotatable bonds is 7. The lowest BCUT2D eigenvalue weighted by atomic mass is 9.98. The van der Waals surface area contributed by atoms with Crippen LogP contribution in [0.15, 0.2) is 84.9 Å². The highest BCUT2D eigenvalue weighted by Crippen LogP contribution is 2.44. The summed E-state index contributed by atoms with van der Waals surface area (Å²) in [5, 5.41) is 2.76. The van der Waals surface area contributed by atoms with Crippen LogP contribution in [0.2, 0.25) is 0 Å². The van der Waals surface area contributed by atoms with E-state index in [0.29, 0.717) is 13.2 Å². The minimum atomic E-state index is -0.440. The third-order valence-corrected chi connectivity index (χ3v) is 5.57. The van der Waals surface area contributed by atoms with Gasteiger partial charge in [0.25, 0.3) is 0 Å². The van der Waals surface area contributed by atoms with E-state index >= 15 is 0 Å². The number of alkyl carbamates (subject to hydrolysis) is 1. The van der Waals surface area contributed by atoms with Crippen LogP contribution in [0.3, 0.4) is 0 Å². The monoisotopic (exact) mass is 439 g/mol. The molecular formula is C28H25NO4. The molecule has 0 unspecified atom stereocenters. The first-order chi connectivity index (χ1) is 16.2. The first-order valence-corrected chi connectivity index (χ1v) is 10.8. The summed E-state index contributed by atoms with van der Waals surface area (Å²) in [6.07, 6.45) is 6.41. The lowest BCUT2D eigenvalue weighted by molar-refractivity contribution is -0.134. The van der Waals surface area contributed by atoms with Crippen molar-refractivity contribution in [3.8, 4) is 11.1 Å². The fourth-order valence-corrected chi connectivity index (χ4v) is 3.94. The van der Waals surface area contributed by atoms with Gasteiger partial charge in [0.2, 0.25) is 0 Å². The van der Waals surface area contributed by atoms with Crippen LogP contribution in [0.4, 0.5) is 4.79 Å². The summed E-state index contributed by atoms with van der Waals surface area (Å²) in [6, 6.07) is 24.2. The summed E-state index contributed by atoms with van der Waals surface area (Å²) in [7, 11) is 1.34. The molecule has 1 aliphatic rings. The molecule has 5 heteroatoms. The highest BCUT2D eigenvalue weighted by molar-refractivity contribution is 5.87. The van der Waals surface area contributed by atoms with Gasteiger partial charge in [-0.05, 0) is 39.5 Å². The second-order valence-corrected chi connectivity index (χ2v) is 7.63. The van der Waals surface area contributed by atoms with Crippen LogP contribution in [-0.2, 0) is 14.3 Å². The first-order valence-electron chi connectivity index (χ1n) is 10.8. The van der Waals surface area contributed by atoms with Gasteiger partial charge in [-0.2, -0.15) is 0 Å². The Hall–Kier alpha value is -4.12. The predicted molar refractivity (Wildman–Crippen MR) is 130 cm³/mol. The number of benzene rings is 3. The van der Waals surface area contributed by atoms with E-state index in [1.54, 1.807) is 6.08 Å². The van der Waals surface area contributed by atoms with Crippen LogP contribution in [-0.4, -0.2) is 32.3 Å². The molecule has 4 rings (SSSR count). The van der Waals surface area contributed by atoms with Gasteiger partial charge >= 0.3 is 12.1 Å². The average molecular weight is 440 g/mol. The number of carbonyl (C=O) groups is 2. The highest BCUT2D eigenvalue weighted by atomic mass is 16.5. The Balaban J connectivity index is 1.26. The highest BCUT2D eigenvalue weighted by Gasteiger charge is 2.28. The molecule has 0 aromatic heterocycles. The standard InChI is InChI=1S/C28H25NO4/c1-32-27(30)17-16-21-14-12-20(13-15-21)7-6-18-29-28(31)33-19-26-24-10-4-2-8-22(24)23-9-3-5-11-25(23)26/h2-17,26H,18-19H2,1H3,(H,29,31)/b7-6?,17-16+. The Labute approximate surface area is 193 Å². The van der Waals surface area contributed by atoms with Gasteiger partial charge in [-0.25, -0.2) is 9.59 Å². The number of esters is 1. The maximum Gasteiger partial charge on any atom is 0.407 e. The maximum absolute atomic E-state index is 12.2. The molecule has 3 aromatic rings. The molecular weight excluding hydrogens is 414 g/mol. The number of hydrogen-bond donors (Lipinski definition) is 1. The summed E-state index contributed by atoms with van der Waals surface area (Å²) in [6.45, 7) is 0.658. The Morgan fingerprint density at radius 2 is 1.42 bits per heavy atom. The first kappa shape index (κ1) is 22.1. The average Bonchev–Trinajstić information content (AvgIpc) is 3.18. The SMILES string of the molecule is COC(=O)/C=C/c1ccc(C=CCNC(=O)OCC2c3ccccc3-c3ccccc32)cc1. The molecule has 1 amide bonds. The van der Waals surface area contributed by atoms with Gasteiger partial charge in [0.1, 0.15) is 6.61 Å². The molecule has 0 bridgehead atoms. The Morgan fingerprint density at radius 3 is 2.03 bits per heavy atom. The molecule has 33 heavy (non-hydrogen) atoms. The molecule has 0 heterocycles. The van der Waals surface area contributed by atoms with Gasteiger partial charge in [0, 0.05) is 18.5 Å². The van der Waals surface area contributed by atoms with E-state index in [1.165, 1.54) is 35.4 Å². The zero-order chi connectivity index (χ0) is 23.0. The Morgan fingerprint density at radius 1 is 0.848 bits per heavy atom. The second-order valence-electron chi connectivity index (χ2n) is 7.63. The molecule has 3 aromatic carbocycles. The number of nitrogens with one attached hydrogen (secondary N) is 1. The van der Waals surface area contributed by atoms with Gasteiger partial charge in [-0.1, -0.05) is 84.9 Å². The minimum Gasteiger partial charge on any atom is -0.466 e. The molecule has 1 N–H and O–H groups in total. The van der Waals surface area contributed by atoms with Crippen molar-refractivity contribution in [1.29, 1.82) is 0 Å². The zero-order valence-corrected chi connectivity index (χ0v) is 18.4. The third-order valence-electron chi connectivity index (χ3n) is 5.57. The number of ether oxygens (including phenoxy) is 2. The van der Waals surface area contributed by atoms with E-state index < -0.39 is 12.1 Å². The lowest BCUT2D eigenvalue weighted by Gasteiger charge is -2.14.